The Balaban J connectivity index is 2.42. The average Bonchev–Trinajstić information content (AvgIpc) is 2.38. The van der Waals surface area contributed by atoms with Crippen LogP contribution in [0.25, 0.3) is 0 Å². The lowest BCUT2D eigenvalue weighted by Crippen LogP contribution is -2.50. The first kappa shape index (κ1) is 14.8. The third kappa shape index (κ3) is 4.20. The molecular weight excluding hydrogens is 232 g/mol. The minimum atomic E-state index is -0.950. The number of hydrogen-bond acceptors (Lipinski definition) is 2. The number of hydrogen-bond donors (Lipinski definition) is 2. The Labute approximate surface area is 109 Å². The third-order valence-corrected chi connectivity index (χ3v) is 3.65. The van der Waals surface area contributed by atoms with E-state index in [1.165, 1.54) is 0 Å². The van der Waals surface area contributed by atoms with Crippen LogP contribution in [0, 0.1) is 5.92 Å². The number of rotatable bonds is 5. The van der Waals surface area contributed by atoms with Crippen LogP contribution in [0.1, 0.15) is 46.0 Å². The van der Waals surface area contributed by atoms with Crippen LogP contribution in [-0.2, 0) is 4.79 Å². The fourth-order valence-electron chi connectivity index (χ4n) is 2.33. The van der Waals surface area contributed by atoms with Gasteiger partial charge in [0.05, 0.1) is 0 Å². The van der Waals surface area contributed by atoms with E-state index in [9.17, 15) is 9.59 Å². The van der Waals surface area contributed by atoms with Crippen molar-refractivity contribution >= 4 is 12.0 Å². The first-order valence-electron chi connectivity index (χ1n) is 6.86. The quantitative estimate of drug-likeness (QED) is 0.791. The van der Waals surface area contributed by atoms with Crippen LogP contribution in [0.4, 0.5) is 4.79 Å². The van der Waals surface area contributed by atoms with Crippen molar-refractivity contribution in [1.82, 2.24) is 10.2 Å². The van der Waals surface area contributed by atoms with Crippen molar-refractivity contribution in [2.75, 3.05) is 13.1 Å². The molecule has 0 aromatic heterocycles. The molecule has 0 saturated carbocycles. The number of carboxylic acid groups (broad SMARTS) is 1. The second-order valence-corrected chi connectivity index (χ2v) is 4.97. The molecule has 0 aliphatic carbocycles. The molecule has 0 aromatic rings. The molecule has 2 amide bonds. The van der Waals surface area contributed by atoms with E-state index >= 15 is 0 Å². The van der Waals surface area contributed by atoms with Crippen molar-refractivity contribution in [1.29, 1.82) is 0 Å². The number of likely N-dealkylation sites (tertiary alicyclic amines) is 1. The summed E-state index contributed by atoms with van der Waals surface area (Å²) in [6.07, 6.45) is 4.43. The average molecular weight is 256 g/mol. The van der Waals surface area contributed by atoms with Gasteiger partial charge in [0.1, 0.15) is 6.04 Å². The van der Waals surface area contributed by atoms with Gasteiger partial charge in [-0.2, -0.15) is 0 Å². The van der Waals surface area contributed by atoms with Gasteiger partial charge in [0.15, 0.2) is 0 Å². The molecule has 0 unspecified atom stereocenters. The first-order valence-corrected chi connectivity index (χ1v) is 6.86. The number of carbonyl (C=O) groups is 2. The van der Waals surface area contributed by atoms with E-state index < -0.39 is 12.0 Å². The third-order valence-electron chi connectivity index (χ3n) is 3.65. The lowest BCUT2D eigenvalue weighted by atomic mass is 9.95. The normalized spacial score (nSPS) is 18.4. The topological polar surface area (TPSA) is 69.6 Å². The summed E-state index contributed by atoms with van der Waals surface area (Å²) in [5.41, 5.74) is 0. The molecule has 0 radical (unpaired) electrons. The van der Waals surface area contributed by atoms with Gasteiger partial charge in [-0.05, 0) is 25.2 Å². The van der Waals surface area contributed by atoms with Gasteiger partial charge in [0.2, 0.25) is 0 Å². The molecule has 1 fully saturated rings. The van der Waals surface area contributed by atoms with Crippen molar-refractivity contribution in [3.8, 4) is 0 Å². The number of amides is 2. The van der Waals surface area contributed by atoms with Crippen molar-refractivity contribution in [2.45, 2.75) is 52.0 Å². The summed E-state index contributed by atoms with van der Waals surface area (Å²) in [6.45, 7) is 5.56. The van der Waals surface area contributed by atoms with Gasteiger partial charge < -0.3 is 15.3 Å². The summed E-state index contributed by atoms with van der Waals surface area (Å²) in [6, 6.07) is -0.989. The van der Waals surface area contributed by atoms with E-state index in [1.54, 1.807) is 4.90 Å². The Hall–Kier alpha value is -1.26. The van der Waals surface area contributed by atoms with Gasteiger partial charge >= 0.3 is 12.0 Å². The highest BCUT2D eigenvalue weighted by molar-refractivity contribution is 5.82. The summed E-state index contributed by atoms with van der Waals surface area (Å²) in [4.78, 5) is 24.6. The Bertz CT molecular complexity index is 286. The van der Waals surface area contributed by atoms with Crippen LogP contribution < -0.4 is 5.32 Å². The molecule has 5 heteroatoms. The van der Waals surface area contributed by atoms with Gasteiger partial charge in [0.25, 0.3) is 0 Å². The molecule has 104 valence electrons. The maximum Gasteiger partial charge on any atom is 0.326 e. The van der Waals surface area contributed by atoms with Gasteiger partial charge in [-0.25, -0.2) is 9.59 Å². The summed E-state index contributed by atoms with van der Waals surface area (Å²) < 4.78 is 0. The van der Waals surface area contributed by atoms with E-state index in [2.05, 4.69) is 12.2 Å². The number of nitrogens with zero attached hydrogens (tertiary/aromatic N) is 1. The maximum absolute atomic E-state index is 11.9. The van der Waals surface area contributed by atoms with Gasteiger partial charge in [-0.3, -0.25) is 0 Å². The molecule has 0 spiro atoms. The van der Waals surface area contributed by atoms with Crippen molar-refractivity contribution in [3.05, 3.63) is 0 Å². The molecule has 0 bridgehead atoms. The minimum absolute atomic E-state index is 0.231. The largest absolute Gasteiger partial charge is 0.480 e. The fourth-order valence-corrected chi connectivity index (χ4v) is 2.33. The van der Waals surface area contributed by atoms with Crippen LogP contribution in [0.5, 0.6) is 0 Å². The van der Waals surface area contributed by atoms with Crippen molar-refractivity contribution < 1.29 is 14.7 Å². The maximum atomic E-state index is 11.9. The second-order valence-electron chi connectivity index (χ2n) is 4.97. The molecule has 1 atom stereocenters. The number of aliphatic carboxylic acids is 1. The highest BCUT2D eigenvalue weighted by atomic mass is 16.4. The molecule has 1 aliphatic rings. The molecule has 0 aromatic carbocycles. The molecule has 2 N–H and O–H groups in total. The minimum Gasteiger partial charge on any atom is -0.480 e. The SMILES string of the molecule is CCC[C@H](NC(=O)N1CCC(CC)CC1)C(=O)O. The van der Waals surface area contributed by atoms with Crippen LogP contribution in [-0.4, -0.2) is 41.1 Å². The van der Waals surface area contributed by atoms with Gasteiger partial charge in [-0.1, -0.05) is 26.7 Å². The number of urea groups is 1. The standard InChI is InChI=1S/C13H24N2O3/c1-3-5-11(12(16)17)14-13(18)15-8-6-10(4-2)7-9-15/h10-11H,3-9H2,1-2H3,(H,14,18)(H,16,17)/t11-/m0/s1. The predicted octanol–water partition coefficient (Wildman–Crippen LogP) is 2.07. The Morgan fingerprint density at radius 1 is 1.33 bits per heavy atom. The number of carbonyl (C=O) groups excluding carboxylic acids is 1. The van der Waals surface area contributed by atoms with Crippen molar-refractivity contribution in [3.63, 3.8) is 0 Å². The van der Waals surface area contributed by atoms with E-state index in [-0.39, 0.29) is 6.03 Å². The number of carboxylic acids is 1. The Morgan fingerprint density at radius 3 is 2.39 bits per heavy atom. The Kier molecular flexibility index (Phi) is 5.95. The predicted molar refractivity (Wildman–Crippen MR) is 69.5 cm³/mol. The highest BCUT2D eigenvalue weighted by Crippen LogP contribution is 2.19. The summed E-state index contributed by atoms with van der Waals surface area (Å²) in [5.74, 6) is -0.242. The molecule has 1 saturated heterocycles. The zero-order chi connectivity index (χ0) is 13.5. The monoisotopic (exact) mass is 256 g/mol. The summed E-state index contributed by atoms with van der Waals surface area (Å²) in [5, 5.41) is 11.6. The van der Waals surface area contributed by atoms with E-state index in [4.69, 9.17) is 5.11 Å². The smallest absolute Gasteiger partial charge is 0.326 e. The van der Waals surface area contributed by atoms with Crippen LogP contribution in [0.3, 0.4) is 0 Å². The van der Waals surface area contributed by atoms with E-state index in [0.717, 1.165) is 38.8 Å². The zero-order valence-corrected chi connectivity index (χ0v) is 11.3. The van der Waals surface area contributed by atoms with Crippen LogP contribution in [0.15, 0.2) is 0 Å². The highest BCUT2D eigenvalue weighted by Gasteiger charge is 2.25. The summed E-state index contributed by atoms with van der Waals surface area (Å²) >= 11 is 0. The van der Waals surface area contributed by atoms with Crippen LogP contribution in [0.2, 0.25) is 0 Å². The van der Waals surface area contributed by atoms with Gasteiger partial charge in [-0.15, -0.1) is 0 Å². The number of piperidine rings is 1. The fraction of sp³-hybridized carbons (Fsp3) is 0.846. The molecule has 1 heterocycles. The van der Waals surface area contributed by atoms with E-state index in [1.807, 2.05) is 6.92 Å². The zero-order valence-electron chi connectivity index (χ0n) is 11.3. The molecule has 1 rings (SSSR count). The lowest BCUT2D eigenvalue weighted by molar-refractivity contribution is -0.139. The molecule has 18 heavy (non-hydrogen) atoms. The second kappa shape index (κ2) is 7.24. The van der Waals surface area contributed by atoms with E-state index in [0.29, 0.717) is 12.3 Å². The van der Waals surface area contributed by atoms with Crippen molar-refractivity contribution in [2.24, 2.45) is 5.92 Å². The number of nitrogens with one attached hydrogen (secondary N) is 1. The molecule has 1 aliphatic heterocycles. The Morgan fingerprint density at radius 2 is 1.94 bits per heavy atom. The first-order chi connectivity index (χ1) is 8.58. The summed E-state index contributed by atoms with van der Waals surface area (Å²) in [7, 11) is 0. The molecule has 5 nitrogen and oxygen atoms in total. The molecular formula is C13H24N2O3. The van der Waals surface area contributed by atoms with Crippen LogP contribution >= 0.6 is 0 Å². The van der Waals surface area contributed by atoms with Gasteiger partial charge in [0, 0.05) is 13.1 Å². The lowest BCUT2D eigenvalue weighted by Gasteiger charge is -2.32.